The number of aldehydes is 1. The third kappa shape index (κ3) is 25.1. The second kappa shape index (κ2) is 44.0. The Morgan fingerprint density at radius 1 is 0.563 bits per heavy atom. The van der Waals surface area contributed by atoms with Crippen LogP contribution in [0.3, 0.4) is 0 Å². The van der Waals surface area contributed by atoms with Crippen LogP contribution >= 0.6 is 98.5 Å². The van der Waals surface area contributed by atoms with Gasteiger partial charge in [-0.2, -0.15) is 11.1 Å². The van der Waals surface area contributed by atoms with Crippen molar-refractivity contribution in [3.8, 4) is 11.6 Å². The molecule has 0 amide bonds. The van der Waals surface area contributed by atoms with Gasteiger partial charge in [-0.05, 0) is 97.2 Å². The second-order valence-electron chi connectivity index (χ2n) is 26.6. The number of aryl methyl sites for hydroxylation is 7. The average Bonchev–Trinajstić information content (AvgIpc) is 0.746. The quantitative estimate of drug-likeness (QED) is 0.0218. The van der Waals surface area contributed by atoms with Gasteiger partial charge in [-0.15, -0.1) is 18.2 Å². The van der Waals surface area contributed by atoms with E-state index in [0.717, 1.165) is 48.0 Å². The summed E-state index contributed by atoms with van der Waals surface area (Å²) in [4.78, 5) is 130. The van der Waals surface area contributed by atoms with E-state index in [1.54, 1.807) is 81.3 Å². The molecule has 14 aromatic rings. The number of halogens is 13. The number of ether oxygens (including phenoxy) is 1. The molecule has 628 valence electrons. The first kappa shape index (κ1) is 97.2. The molecule has 0 radical (unpaired) electrons. The maximum absolute atomic E-state index is 13.7. The molecule has 26 nitrogen and oxygen atoms in total. The summed E-state index contributed by atoms with van der Waals surface area (Å²) in [6, 6.07) is 21.0. The molecule has 0 fully saturated rings. The number of aliphatic hydroxyl groups excluding tert-OH is 1. The van der Waals surface area contributed by atoms with Crippen molar-refractivity contribution in [1.82, 2.24) is 67.3 Å². The van der Waals surface area contributed by atoms with Crippen molar-refractivity contribution >= 4 is 198 Å². The monoisotopic (exact) mass is 2160 g/mol. The van der Waals surface area contributed by atoms with Gasteiger partial charge in [0, 0.05) is 125 Å². The van der Waals surface area contributed by atoms with Crippen LogP contribution in [0.4, 0.5) is 30.7 Å². The molecule has 0 unspecified atom stereocenters. The zero-order valence-corrected chi connectivity index (χ0v) is 77.8. The molecule has 15 rings (SSSR count). The van der Waals surface area contributed by atoms with Crippen LogP contribution < -0.4 is 53.4 Å². The standard InChI is InChI=1S/C12H13FN2O2.C12H11FN2O2.C12H11FN2O.C11H11FN2O2Si.C9H6BrFN2O.2C9H7FN2O2.C3H8Cl2Si.3HI.V/c2*1-15-11(17)5-4-10-12(15)8(3-2-6-16)9(13)7-14-10;1-3-4-8-9(13)7-14-10-5-6-11(16)15(2)12(8)10;1-17(2)6-14-9(15)4-3-8-10(14)11(16-17)7(12)5-13-8;1-13-7(14)3-2-6-9(13)8(10)5(11)4-12-6;1-14-7-3-2-6-8(12-7)9(13)5(10)4-11-6;1-12-7(13)3-2-6-8(12)9(14)5(10)4-11-6;1-6(2,5)3-4;;;;/h4-5,7,16H,2-3,6H2,1H3;4-7H,2-3H2,1H3;3,5-7H,1,4H2,2H3;3-5H,6H2,1-2H3;2-4H,1H3;2-4H,1H3,(H,11,13);2-4H,1H3,(H,11,14);3H2,1-2H3;3*1H;/q;;;;;;;;;;;+3/p-3. The minimum atomic E-state index is -2.08. The molecule has 0 bridgehead atoms. The van der Waals surface area contributed by atoms with Gasteiger partial charge in [-0.1, -0.05) is 19.2 Å². The third-order valence-corrected chi connectivity index (χ3v) is 23.2. The maximum atomic E-state index is 13.7. The number of nitrogens with zero attached hydrogens (tertiary/aromatic N) is 12. The van der Waals surface area contributed by atoms with Gasteiger partial charge in [-0.3, -0.25) is 63.3 Å². The van der Waals surface area contributed by atoms with Crippen molar-refractivity contribution in [1.29, 1.82) is 0 Å². The molecule has 0 saturated carbocycles. The Bertz CT molecular complexity index is 6650. The topological polar surface area (TPSA) is 331 Å². The number of aromatic nitrogens is 14. The van der Waals surface area contributed by atoms with E-state index in [1.165, 1.54) is 81.1 Å². The fraction of sp³-hybridized carbons (Fsp3) is 0.234. The van der Waals surface area contributed by atoms with Crippen molar-refractivity contribution in [2.75, 3.05) is 19.2 Å². The van der Waals surface area contributed by atoms with Gasteiger partial charge in [0.1, 0.15) is 40.3 Å². The molecule has 0 aliphatic carbocycles. The third-order valence-electron chi connectivity index (χ3n) is 17.1. The number of nitrogens with one attached hydrogen (secondary N) is 2. The predicted molar refractivity (Wildman–Crippen MR) is 478 cm³/mol. The van der Waals surface area contributed by atoms with Gasteiger partial charge < -0.3 is 56.4 Å². The van der Waals surface area contributed by atoms with Crippen molar-refractivity contribution in [2.45, 2.75) is 64.5 Å². The number of rotatable bonds is 10. The van der Waals surface area contributed by atoms with Crippen molar-refractivity contribution in [3.63, 3.8) is 0 Å². The molecular formula is C77H74BrCl2F7I3N14O12Si2V. The van der Waals surface area contributed by atoms with Gasteiger partial charge in [-0.25, -0.2) is 35.7 Å². The molecule has 3 N–H and O–H groups in total. The number of carbonyl (C=O) groups excluding carboxylic acids is 1. The average molecular weight is 2160 g/mol. The number of fused-ring (bicyclic) bond motifs is 6. The summed E-state index contributed by atoms with van der Waals surface area (Å²) < 4.78 is 113. The number of methoxy groups -OCH3 is 1. The zero-order chi connectivity index (χ0) is 88.2. The fourth-order valence-electron chi connectivity index (χ4n) is 11.4. The van der Waals surface area contributed by atoms with Crippen molar-refractivity contribution in [3.05, 3.63) is 285 Å². The zero-order valence-electron chi connectivity index (χ0n) is 64.8. The number of aliphatic hydroxyl groups is 1. The number of alkyl halides is 1. The Labute approximate surface area is 728 Å². The molecule has 0 saturated heterocycles. The number of H-pyrrole nitrogens is 2. The van der Waals surface area contributed by atoms with Gasteiger partial charge in [0.2, 0.25) is 16.7 Å². The second-order valence-corrected chi connectivity index (χ2v) is 74.3. The Balaban J connectivity index is 0.000000188. The molecule has 1 aliphatic rings. The summed E-state index contributed by atoms with van der Waals surface area (Å²) in [5.41, 5.74) is 5.54. The Morgan fingerprint density at radius 2 is 0.941 bits per heavy atom. The number of aromatic amines is 2. The fourth-order valence-corrected chi connectivity index (χ4v) is 13.9. The van der Waals surface area contributed by atoms with Crippen molar-refractivity contribution < 1.29 is 54.7 Å². The van der Waals surface area contributed by atoms with E-state index >= 15 is 0 Å². The first-order valence-corrected chi connectivity index (χ1v) is 57.2. The Hall–Kier alpha value is -8.93. The summed E-state index contributed by atoms with van der Waals surface area (Å²) in [6.07, 6.45) is 12.3. The van der Waals surface area contributed by atoms with E-state index in [1.807, 2.05) is 26.2 Å². The number of hydrogen-bond acceptors (Lipinski definition) is 18. The van der Waals surface area contributed by atoms with Crippen LogP contribution in [0.15, 0.2) is 184 Å². The van der Waals surface area contributed by atoms with E-state index < -0.39 is 67.3 Å². The molecule has 0 atom stereocenters. The molecule has 119 heavy (non-hydrogen) atoms. The predicted octanol–water partition coefficient (Wildman–Crippen LogP) is 13.8. The number of allylic oxidation sites excluding steroid dienone is 1. The summed E-state index contributed by atoms with van der Waals surface area (Å²) in [7, 11) is 5.73. The number of hydrogen-bond donors (Lipinski definition) is 3. The molecule has 1 aliphatic heterocycles. The van der Waals surface area contributed by atoms with Crippen molar-refractivity contribution in [2.24, 2.45) is 35.2 Å². The molecule has 14 aromatic heterocycles. The van der Waals surface area contributed by atoms with Crippen LogP contribution in [0.5, 0.6) is 11.6 Å². The summed E-state index contributed by atoms with van der Waals surface area (Å²) in [6.45, 7) is 11.5. The molecule has 0 aromatic carbocycles. The van der Waals surface area contributed by atoms with Gasteiger partial charge in [0.15, 0.2) is 36.4 Å². The Kier molecular flexibility index (Phi) is 36.0. The first-order valence-electron chi connectivity index (χ1n) is 35.0. The van der Waals surface area contributed by atoms with Gasteiger partial charge in [0.05, 0.1) is 109 Å². The Morgan fingerprint density at radius 3 is 1.39 bits per heavy atom. The van der Waals surface area contributed by atoms with E-state index in [2.05, 4.69) is 122 Å². The summed E-state index contributed by atoms with van der Waals surface area (Å²) in [5.74, 6) is -3.58. The van der Waals surface area contributed by atoms with Crippen LogP contribution in [0, 0.1) is 40.7 Å². The normalized spacial score (nSPS) is 11.6. The molecule has 42 heteroatoms. The van der Waals surface area contributed by atoms with E-state index in [0.29, 0.717) is 114 Å². The molecular weight excluding hydrogens is 2080 g/mol. The molecule has 0 spiro atoms. The van der Waals surface area contributed by atoms with E-state index in [-0.39, 0.29) is 84.9 Å². The minimum absolute atomic E-state index is 0.00988. The SMILES string of the molecule is C=CCc1c(F)cnc2ccc(=O)n(C)c12.COc1ccc2[nH]cc(F)c(=O)c2n1.C[Si](C)(Cl)CCl.C[Si]1(C)Cn2c(=O)ccc3ncc(F)c(c32)O1.Cn1c(=O)ccc2[nH]cc(F)c(=O)c21.Cn1c(=O)ccc2ncc(F)c(Br)c21.Cn1c(=O)ccc2ncc(F)c(CCC=O)c21.Cn1c(=O)ccc2ncc(F)c(CCCO)c21.[I][V]([I])[I]. The van der Waals surface area contributed by atoms with E-state index in [9.17, 15) is 73.9 Å². The first-order chi connectivity index (χ1) is 56.1. The summed E-state index contributed by atoms with van der Waals surface area (Å²) >= 11 is 21.6. The van der Waals surface area contributed by atoms with Gasteiger partial charge >= 0.3 is 64.9 Å². The summed E-state index contributed by atoms with van der Waals surface area (Å²) in [5, 5.41) is 8.81. The van der Waals surface area contributed by atoms with E-state index in [4.69, 9.17) is 36.9 Å². The van der Waals surface area contributed by atoms with Gasteiger partial charge in [0.25, 0.3) is 41.7 Å². The van der Waals surface area contributed by atoms with Crippen LogP contribution in [0.2, 0.25) is 26.2 Å². The van der Waals surface area contributed by atoms with Crippen LogP contribution in [0.25, 0.3) is 77.2 Å². The van der Waals surface area contributed by atoms with Crippen LogP contribution in [-0.4, -0.2) is 114 Å². The van der Waals surface area contributed by atoms with Crippen LogP contribution in [-0.2, 0) is 70.4 Å². The van der Waals surface area contributed by atoms with Crippen LogP contribution in [0.1, 0.15) is 29.5 Å². The molecule has 15 heterocycles. The number of carbonyl (C=O) groups is 1. The number of pyridine rings is 14.